The lowest BCUT2D eigenvalue weighted by atomic mass is 10.2. The molecule has 0 aromatic heterocycles. The van der Waals surface area contributed by atoms with Crippen LogP contribution < -0.4 is 20.7 Å². The van der Waals surface area contributed by atoms with E-state index in [1.807, 2.05) is 0 Å². The molecule has 154 valence electrons. The lowest BCUT2D eigenvalue weighted by molar-refractivity contribution is -0.119. The highest BCUT2D eigenvalue weighted by Crippen LogP contribution is 2.27. The number of carbonyl (C=O) groups excluding carboxylic acids is 3. The predicted molar refractivity (Wildman–Crippen MR) is 113 cm³/mol. The van der Waals surface area contributed by atoms with Gasteiger partial charge in [-0.15, -0.1) is 0 Å². The molecule has 3 amide bonds. The molecular formula is C20H23ClN4O4. The van der Waals surface area contributed by atoms with Gasteiger partial charge in [-0.05, 0) is 43.4 Å². The van der Waals surface area contributed by atoms with Crippen molar-refractivity contribution in [3.8, 4) is 5.75 Å². The van der Waals surface area contributed by atoms with Crippen molar-refractivity contribution in [3.05, 3.63) is 53.1 Å². The molecule has 9 heteroatoms. The molecule has 3 N–H and O–H groups in total. The maximum atomic E-state index is 12.3. The van der Waals surface area contributed by atoms with Crippen molar-refractivity contribution >= 4 is 40.7 Å². The monoisotopic (exact) mass is 418 g/mol. The molecule has 2 aromatic rings. The van der Waals surface area contributed by atoms with Crippen molar-refractivity contribution in [1.82, 2.24) is 10.2 Å². The number of methoxy groups -OCH3 is 1. The van der Waals surface area contributed by atoms with Crippen LogP contribution in [0.15, 0.2) is 42.5 Å². The summed E-state index contributed by atoms with van der Waals surface area (Å²) in [6.45, 7) is -0.0222. The molecule has 2 aromatic carbocycles. The molecule has 2 rings (SSSR count). The summed E-state index contributed by atoms with van der Waals surface area (Å²) in [7, 11) is 4.68. The summed E-state index contributed by atoms with van der Waals surface area (Å²) in [5.74, 6) is -0.386. The number of nitrogens with zero attached hydrogens (tertiary/aromatic N) is 1. The van der Waals surface area contributed by atoms with Crippen molar-refractivity contribution < 1.29 is 19.1 Å². The van der Waals surface area contributed by atoms with E-state index in [9.17, 15) is 14.4 Å². The molecule has 0 heterocycles. The molecule has 0 saturated carbocycles. The fourth-order valence-corrected chi connectivity index (χ4v) is 2.77. The molecular weight excluding hydrogens is 396 g/mol. The third kappa shape index (κ3) is 6.78. The van der Waals surface area contributed by atoms with Gasteiger partial charge in [0.05, 0.1) is 25.9 Å². The fraction of sp³-hybridized carbons (Fsp3) is 0.250. The molecule has 0 aliphatic carbocycles. The van der Waals surface area contributed by atoms with Crippen LogP contribution in [0, 0.1) is 0 Å². The normalized spacial score (nSPS) is 10.4. The molecule has 0 radical (unpaired) electrons. The minimum absolute atomic E-state index is 0.00962. The molecule has 0 fully saturated rings. The summed E-state index contributed by atoms with van der Waals surface area (Å²) >= 11 is 5.95. The molecule has 0 unspecified atom stereocenters. The number of hydrogen-bond donors (Lipinski definition) is 3. The van der Waals surface area contributed by atoms with Crippen LogP contribution in [0.3, 0.4) is 0 Å². The van der Waals surface area contributed by atoms with Crippen molar-refractivity contribution in [2.45, 2.75) is 0 Å². The summed E-state index contributed by atoms with van der Waals surface area (Å²) in [5.41, 5.74) is 1.39. The van der Waals surface area contributed by atoms with E-state index in [4.69, 9.17) is 16.3 Å². The highest BCUT2D eigenvalue weighted by Gasteiger charge is 2.14. The third-order valence-electron chi connectivity index (χ3n) is 3.90. The molecule has 8 nitrogen and oxygen atoms in total. The van der Waals surface area contributed by atoms with Crippen LogP contribution in [0.4, 0.5) is 11.4 Å². The van der Waals surface area contributed by atoms with Crippen LogP contribution in [0.2, 0.25) is 5.02 Å². The van der Waals surface area contributed by atoms with E-state index in [0.29, 0.717) is 27.7 Å². The first-order chi connectivity index (χ1) is 13.8. The average molecular weight is 419 g/mol. The topological polar surface area (TPSA) is 99.8 Å². The van der Waals surface area contributed by atoms with Crippen LogP contribution in [-0.2, 0) is 9.59 Å². The van der Waals surface area contributed by atoms with Crippen molar-refractivity contribution in [2.75, 3.05) is 44.9 Å². The van der Waals surface area contributed by atoms with Gasteiger partial charge in [-0.3, -0.25) is 19.3 Å². The number of ether oxygens (including phenoxy) is 1. The van der Waals surface area contributed by atoms with Crippen molar-refractivity contribution in [3.63, 3.8) is 0 Å². The summed E-state index contributed by atoms with van der Waals surface area (Å²) in [5, 5.41) is 8.42. The van der Waals surface area contributed by atoms with Gasteiger partial charge in [0.1, 0.15) is 5.75 Å². The molecule has 29 heavy (non-hydrogen) atoms. The Labute approximate surface area is 174 Å². The Morgan fingerprint density at radius 3 is 2.38 bits per heavy atom. The number of halogens is 1. The van der Waals surface area contributed by atoms with E-state index < -0.39 is 0 Å². The van der Waals surface area contributed by atoms with Crippen LogP contribution in [0.25, 0.3) is 0 Å². The van der Waals surface area contributed by atoms with Gasteiger partial charge in [-0.1, -0.05) is 17.7 Å². The second-order valence-corrected chi connectivity index (χ2v) is 6.71. The Bertz CT molecular complexity index is 904. The van der Waals surface area contributed by atoms with Crippen LogP contribution in [0.5, 0.6) is 5.75 Å². The average Bonchev–Trinajstić information content (AvgIpc) is 2.67. The third-order valence-corrected chi connectivity index (χ3v) is 4.13. The maximum absolute atomic E-state index is 12.3. The molecule has 0 aliphatic heterocycles. The number of anilines is 2. The zero-order valence-corrected chi connectivity index (χ0v) is 17.2. The number of amides is 3. The number of nitrogens with one attached hydrogen (secondary N) is 3. The van der Waals surface area contributed by atoms with E-state index in [2.05, 4.69) is 16.0 Å². The Kier molecular flexibility index (Phi) is 7.99. The molecule has 0 spiro atoms. The Morgan fingerprint density at radius 2 is 1.72 bits per heavy atom. The second kappa shape index (κ2) is 10.4. The zero-order valence-electron chi connectivity index (χ0n) is 16.4. The molecule has 0 aliphatic rings. The lowest BCUT2D eigenvalue weighted by Gasteiger charge is -2.17. The first-order valence-corrected chi connectivity index (χ1v) is 9.14. The smallest absolute Gasteiger partial charge is 0.251 e. The summed E-state index contributed by atoms with van der Waals surface area (Å²) < 4.78 is 5.19. The highest BCUT2D eigenvalue weighted by atomic mass is 35.5. The number of benzene rings is 2. The van der Waals surface area contributed by atoms with E-state index >= 15 is 0 Å². The summed E-state index contributed by atoms with van der Waals surface area (Å²) in [4.78, 5) is 37.7. The second-order valence-electron chi connectivity index (χ2n) is 6.27. The number of likely N-dealkylation sites (N-methyl/N-ethyl adjacent to an activating group) is 1. The van der Waals surface area contributed by atoms with Gasteiger partial charge < -0.3 is 20.7 Å². The number of carbonyl (C=O) groups is 3. The Hall–Kier alpha value is -3.10. The molecule has 0 saturated heterocycles. The van der Waals surface area contributed by atoms with Gasteiger partial charge in [-0.25, -0.2) is 0 Å². The van der Waals surface area contributed by atoms with E-state index in [1.165, 1.54) is 14.2 Å². The Morgan fingerprint density at radius 1 is 1.03 bits per heavy atom. The summed E-state index contributed by atoms with van der Waals surface area (Å²) in [6, 6.07) is 11.5. The largest absolute Gasteiger partial charge is 0.495 e. The molecule has 0 atom stereocenters. The van der Waals surface area contributed by atoms with Crippen molar-refractivity contribution in [2.24, 2.45) is 0 Å². The van der Waals surface area contributed by atoms with Gasteiger partial charge in [0.2, 0.25) is 11.8 Å². The quantitative estimate of drug-likeness (QED) is 0.610. The predicted octanol–water partition coefficient (Wildman–Crippen LogP) is 2.22. The number of rotatable bonds is 8. The van der Waals surface area contributed by atoms with Gasteiger partial charge in [0.25, 0.3) is 5.91 Å². The highest BCUT2D eigenvalue weighted by molar-refractivity contribution is 6.31. The standard InChI is InChI=1S/C20H23ClN4O4/c1-22-20(28)13-5-4-6-15(9-13)23-18(26)11-25(2)12-19(27)24-16-10-14(21)7-8-17(16)29-3/h4-10H,11-12H2,1-3H3,(H,22,28)(H,23,26)(H,24,27). The van der Waals surface area contributed by atoms with E-state index in [0.717, 1.165) is 0 Å². The number of hydrogen-bond acceptors (Lipinski definition) is 5. The SMILES string of the molecule is CNC(=O)c1cccc(NC(=O)CN(C)CC(=O)Nc2cc(Cl)ccc2OC)c1. The summed E-state index contributed by atoms with van der Waals surface area (Å²) in [6.07, 6.45) is 0. The van der Waals surface area contributed by atoms with Crippen LogP contribution in [-0.4, -0.2) is 56.9 Å². The first kappa shape index (κ1) is 22.2. The van der Waals surface area contributed by atoms with Gasteiger partial charge in [-0.2, -0.15) is 0 Å². The minimum Gasteiger partial charge on any atom is -0.495 e. The van der Waals surface area contributed by atoms with Crippen LogP contribution in [0.1, 0.15) is 10.4 Å². The van der Waals surface area contributed by atoms with E-state index in [1.54, 1.807) is 54.4 Å². The van der Waals surface area contributed by atoms with Gasteiger partial charge >= 0.3 is 0 Å². The van der Waals surface area contributed by atoms with Gasteiger partial charge in [0, 0.05) is 23.3 Å². The lowest BCUT2D eigenvalue weighted by Crippen LogP contribution is -2.36. The maximum Gasteiger partial charge on any atom is 0.251 e. The fourth-order valence-electron chi connectivity index (χ4n) is 2.60. The van der Waals surface area contributed by atoms with E-state index in [-0.39, 0.29) is 30.8 Å². The zero-order chi connectivity index (χ0) is 21.4. The van der Waals surface area contributed by atoms with Crippen LogP contribution >= 0.6 is 11.6 Å². The molecule has 0 bridgehead atoms. The van der Waals surface area contributed by atoms with Gasteiger partial charge in [0.15, 0.2) is 0 Å². The first-order valence-electron chi connectivity index (χ1n) is 8.76. The Balaban J connectivity index is 1.89. The minimum atomic E-state index is -0.317. The van der Waals surface area contributed by atoms with Crippen molar-refractivity contribution in [1.29, 1.82) is 0 Å².